The van der Waals surface area contributed by atoms with Gasteiger partial charge in [0.25, 0.3) is 5.91 Å². The van der Waals surface area contributed by atoms with Gasteiger partial charge in [-0.2, -0.15) is 5.10 Å². The van der Waals surface area contributed by atoms with E-state index in [0.29, 0.717) is 29.2 Å². The quantitative estimate of drug-likeness (QED) is 0.491. The fraction of sp³-hybridized carbons (Fsp3) is 0.174. The van der Waals surface area contributed by atoms with Gasteiger partial charge in [-0.05, 0) is 38.5 Å². The molecule has 158 valence electrons. The highest BCUT2D eigenvalue weighted by Crippen LogP contribution is 2.25. The third-order valence-electron chi connectivity index (χ3n) is 5.10. The molecule has 0 spiro atoms. The van der Waals surface area contributed by atoms with Gasteiger partial charge in [0, 0.05) is 11.9 Å². The third kappa shape index (κ3) is 4.04. The largest absolute Gasteiger partial charge is 0.330 e. The number of hydrogen-bond donors (Lipinski definition) is 2. The molecule has 0 aliphatic carbocycles. The van der Waals surface area contributed by atoms with E-state index in [2.05, 4.69) is 15.4 Å². The Labute approximate surface area is 184 Å². The molecule has 0 radical (unpaired) electrons. The van der Waals surface area contributed by atoms with Gasteiger partial charge in [-0.1, -0.05) is 53.6 Å². The molecule has 31 heavy (non-hydrogen) atoms. The highest BCUT2D eigenvalue weighted by atomic mass is 35.5. The number of aromatic amines is 1. The maximum Gasteiger partial charge on any atom is 0.330 e. The fourth-order valence-corrected chi connectivity index (χ4v) is 3.82. The summed E-state index contributed by atoms with van der Waals surface area (Å²) in [6, 6.07) is 15.2. The van der Waals surface area contributed by atoms with E-state index in [0.717, 1.165) is 11.3 Å². The van der Waals surface area contributed by atoms with Gasteiger partial charge < -0.3 is 10.3 Å². The van der Waals surface area contributed by atoms with Crippen LogP contribution in [0.4, 0.5) is 5.69 Å². The molecule has 4 aromatic rings. The van der Waals surface area contributed by atoms with Crippen LogP contribution in [0.3, 0.4) is 0 Å². The maximum atomic E-state index is 13.1. The zero-order chi connectivity index (χ0) is 22.1. The Morgan fingerprint density at radius 2 is 1.81 bits per heavy atom. The van der Waals surface area contributed by atoms with E-state index in [1.165, 1.54) is 10.1 Å². The first-order chi connectivity index (χ1) is 14.8. The van der Waals surface area contributed by atoms with Crippen LogP contribution in [0.25, 0.3) is 5.69 Å². The molecule has 2 N–H and O–H groups in total. The van der Waals surface area contributed by atoms with Crippen LogP contribution < -0.4 is 11.0 Å². The number of imidazole rings is 1. The second-order valence-electron chi connectivity index (χ2n) is 7.44. The number of aromatic nitrogens is 4. The normalized spacial score (nSPS) is 11.0. The third-order valence-corrected chi connectivity index (χ3v) is 5.48. The van der Waals surface area contributed by atoms with Crippen molar-refractivity contribution in [3.05, 3.63) is 98.4 Å². The highest BCUT2D eigenvalue weighted by molar-refractivity contribution is 6.33. The molecule has 0 saturated heterocycles. The maximum absolute atomic E-state index is 13.1. The van der Waals surface area contributed by atoms with E-state index in [9.17, 15) is 9.59 Å². The van der Waals surface area contributed by atoms with Gasteiger partial charge in [0.15, 0.2) is 0 Å². The minimum atomic E-state index is -0.383. The van der Waals surface area contributed by atoms with Crippen molar-refractivity contribution in [2.45, 2.75) is 27.3 Å². The summed E-state index contributed by atoms with van der Waals surface area (Å²) in [5, 5.41) is 7.61. The molecular weight excluding hydrogens is 414 g/mol. The van der Waals surface area contributed by atoms with E-state index in [1.807, 2.05) is 44.2 Å². The van der Waals surface area contributed by atoms with Gasteiger partial charge in [-0.15, -0.1) is 0 Å². The summed E-state index contributed by atoms with van der Waals surface area (Å²) < 4.78 is 3.12. The number of nitrogens with one attached hydrogen (secondary N) is 2. The number of hydrogen-bond acceptors (Lipinski definition) is 3. The lowest BCUT2D eigenvalue weighted by atomic mass is 10.1. The van der Waals surface area contributed by atoms with Crippen molar-refractivity contribution in [2.24, 2.45) is 0 Å². The summed E-state index contributed by atoms with van der Waals surface area (Å²) in [4.78, 5) is 28.0. The summed E-state index contributed by atoms with van der Waals surface area (Å²) in [6.45, 7) is 6.05. The van der Waals surface area contributed by atoms with Gasteiger partial charge in [0.2, 0.25) is 0 Å². The molecule has 8 heteroatoms. The zero-order valence-electron chi connectivity index (χ0n) is 17.4. The van der Waals surface area contributed by atoms with E-state index < -0.39 is 0 Å². The van der Waals surface area contributed by atoms with Gasteiger partial charge in [-0.3, -0.25) is 9.36 Å². The monoisotopic (exact) mass is 435 g/mol. The molecule has 2 heterocycles. The first-order valence-corrected chi connectivity index (χ1v) is 10.2. The van der Waals surface area contributed by atoms with Crippen LogP contribution in [0.2, 0.25) is 5.15 Å². The lowest BCUT2D eigenvalue weighted by Gasteiger charge is -2.12. The molecular formula is C23H22ClN5O2. The number of nitrogens with zero attached hydrogens (tertiary/aromatic N) is 3. The second-order valence-corrected chi connectivity index (χ2v) is 7.79. The van der Waals surface area contributed by atoms with Crippen molar-refractivity contribution < 1.29 is 4.79 Å². The van der Waals surface area contributed by atoms with Crippen LogP contribution in [0.15, 0.2) is 59.5 Å². The second kappa shape index (κ2) is 8.28. The summed E-state index contributed by atoms with van der Waals surface area (Å²) >= 11 is 6.54. The highest BCUT2D eigenvalue weighted by Gasteiger charge is 2.22. The summed E-state index contributed by atoms with van der Waals surface area (Å²) in [7, 11) is 0. The number of aryl methyl sites for hydroxylation is 3. The SMILES string of the molecule is Cc1ccc(Cn2nc(C)c(C(=O)Nc3ccccc3-n3c(C)c[nH]c3=O)c2Cl)cc1. The van der Waals surface area contributed by atoms with E-state index in [-0.39, 0.29) is 16.8 Å². The number of carbonyl (C=O) groups is 1. The van der Waals surface area contributed by atoms with Crippen molar-refractivity contribution in [3.63, 3.8) is 0 Å². The smallest absolute Gasteiger partial charge is 0.320 e. The lowest BCUT2D eigenvalue weighted by molar-refractivity contribution is 0.102. The number of rotatable bonds is 5. The molecule has 0 aliphatic heterocycles. The number of para-hydroxylation sites is 2. The van der Waals surface area contributed by atoms with E-state index in [4.69, 9.17) is 11.6 Å². The van der Waals surface area contributed by atoms with Gasteiger partial charge in [0.05, 0.1) is 29.2 Å². The van der Waals surface area contributed by atoms with Crippen LogP contribution in [-0.4, -0.2) is 25.2 Å². The predicted octanol–water partition coefficient (Wildman–Crippen LogP) is 4.24. The fourth-order valence-electron chi connectivity index (χ4n) is 3.50. The Hall–Kier alpha value is -3.58. The molecule has 0 saturated carbocycles. The minimum absolute atomic E-state index is 0.267. The number of anilines is 1. The average Bonchev–Trinajstić information content (AvgIpc) is 3.21. The molecule has 0 bridgehead atoms. The number of halogens is 1. The van der Waals surface area contributed by atoms with Crippen molar-refractivity contribution in [2.75, 3.05) is 5.32 Å². The van der Waals surface area contributed by atoms with Crippen LogP contribution >= 0.6 is 11.6 Å². The van der Waals surface area contributed by atoms with Crippen LogP contribution in [-0.2, 0) is 6.54 Å². The van der Waals surface area contributed by atoms with Crippen LogP contribution in [0, 0.1) is 20.8 Å². The molecule has 7 nitrogen and oxygen atoms in total. The molecule has 4 rings (SSSR count). The molecule has 0 aliphatic rings. The summed E-state index contributed by atoms with van der Waals surface area (Å²) in [5.41, 5.74) is 4.56. The van der Waals surface area contributed by atoms with Gasteiger partial charge in [0.1, 0.15) is 5.15 Å². The molecule has 2 aromatic carbocycles. The van der Waals surface area contributed by atoms with Crippen LogP contribution in [0.1, 0.15) is 32.9 Å². The number of benzene rings is 2. The zero-order valence-corrected chi connectivity index (χ0v) is 18.2. The van der Waals surface area contributed by atoms with E-state index >= 15 is 0 Å². The number of amides is 1. The Balaban J connectivity index is 1.64. The van der Waals surface area contributed by atoms with Crippen LogP contribution in [0.5, 0.6) is 0 Å². The Morgan fingerprint density at radius 3 is 2.48 bits per heavy atom. The average molecular weight is 436 g/mol. The lowest BCUT2D eigenvalue weighted by Crippen LogP contribution is -2.20. The summed E-state index contributed by atoms with van der Waals surface area (Å²) in [5.74, 6) is -0.383. The molecule has 0 fully saturated rings. The van der Waals surface area contributed by atoms with Crippen molar-refractivity contribution in [1.82, 2.24) is 19.3 Å². The predicted molar refractivity (Wildman–Crippen MR) is 121 cm³/mol. The molecule has 0 unspecified atom stereocenters. The van der Waals surface area contributed by atoms with Crippen molar-refractivity contribution >= 4 is 23.2 Å². The van der Waals surface area contributed by atoms with Gasteiger partial charge >= 0.3 is 5.69 Å². The minimum Gasteiger partial charge on any atom is -0.320 e. The molecule has 2 aromatic heterocycles. The number of H-pyrrole nitrogens is 1. The standard InChI is InChI=1S/C23H22ClN5O2/c1-14-8-10-17(11-9-14)13-28-21(24)20(16(3)27-28)22(30)26-18-6-4-5-7-19(18)29-15(2)12-25-23(29)31/h4-12H,13H2,1-3H3,(H,25,31)(H,26,30). The molecule has 0 atom stereocenters. The Morgan fingerprint density at radius 1 is 1.10 bits per heavy atom. The number of carbonyl (C=O) groups excluding carboxylic acids is 1. The Kier molecular flexibility index (Phi) is 5.52. The van der Waals surface area contributed by atoms with Gasteiger partial charge in [-0.25, -0.2) is 9.48 Å². The molecule has 1 amide bonds. The first kappa shape index (κ1) is 20.7. The Bertz CT molecular complexity index is 1310. The first-order valence-electron chi connectivity index (χ1n) is 9.81. The van der Waals surface area contributed by atoms with Crippen molar-refractivity contribution in [3.8, 4) is 5.69 Å². The summed E-state index contributed by atoms with van der Waals surface area (Å²) in [6.07, 6.45) is 1.62. The van der Waals surface area contributed by atoms with Crippen molar-refractivity contribution in [1.29, 1.82) is 0 Å². The topological polar surface area (TPSA) is 84.7 Å². The van der Waals surface area contributed by atoms with E-state index in [1.54, 1.807) is 36.0 Å².